The van der Waals surface area contributed by atoms with Crippen molar-refractivity contribution in [2.24, 2.45) is 15.0 Å². The summed E-state index contributed by atoms with van der Waals surface area (Å²) in [5.41, 5.74) is 18.9. The van der Waals surface area contributed by atoms with Crippen LogP contribution in [-0.2, 0) is 5.41 Å². The third kappa shape index (κ3) is 6.61. The topological polar surface area (TPSA) is 37.1 Å². The van der Waals surface area contributed by atoms with E-state index in [0.717, 1.165) is 67.1 Å². The Morgan fingerprint density at radius 1 is 0.452 bits per heavy atom. The van der Waals surface area contributed by atoms with E-state index < -0.39 is 5.41 Å². The number of amidine groups is 1. The first kappa shape index (κ1) is 38.2. The largest absolute Gasteiger partial charge is 0.248 e. The second-order valence-corrected chi connectivity index (χ2v) is 15.7. The van der Waals surface area contributed by atoms with E-state index in [1.165, 1.54) is 27.8 Å². The van der Waals surface area contributed by atoms with Gasteiger partial charge in [0, 0.05) is 22.3 Å². The molecule has 8 aromatic carbocycles. The van der Waals surface area contributed by atoms with Gasteiger partial charge >= 0.3 is 0 Å². The summed E-state index contributed by atoms with van der Waals surface area (Å²) in [6.45, 7) is 10.5. The monoisotopic (exact) mass is 793 g/mol. The highest BCUT2D eigenvalue weighted by Gasteiger charge is 2.53. The van der Waals surface area contributed by atoms with Crippen molar-refractivity contribution in [2.45, 2.75) is 12.3 Å². The molecule has 3 heteroatoms. The fourth-order valence-electron chi connectivity index (χ4n) is 9.28. The Labute approximate surface area is 363 Å². The van der Waals surface area contributed by atoms with Crippen LogP contribution in [0.25, 0.3) is 44.8 Å². The molecule has 8 aromatic rings. The van der Waals surface area contributed by atoms with Gasteiger partial charge in [-0.15, -0.1) is 0 Å². The molecule has 0 aromatic heterocycles. The lowest BCUT2D eigenvalue weighted by Crippen LogP contribution is -2.26. The first-order chi connectivity index (χ1) is 30.5. The van der Waals surface area contributed by atoms with Crippen LogP contribution in [0.1, 0.15) is 57.0 Å². The van der Waals surface area contributed by atoms with Gasteiger partial charge in [0.05, 0.1) is 22.5 Å². The Hall–Kier alpha value is -8.01. The molecule has 0 unspecified atom stereocenters. The van der Waals surface area contributed by atoms with Crippen LogP contribution in [-0.4, -0.2) is 18.3 Å². The molecule has 62 heavy (non-hydrogen) atoms. The van der Waals surface area contributed by atoms with Crippen LogP contribution in [0.2, 0.25) is 0 Å². The zero-order valence-corrected chi connectivity index (χ0v) is 34.5. The maximum absolute atomic E-state index is 5.45. The van der Waals surface area contributed by atoms with Crippen LogP contribution in [0, 0.1) is 0 Å². The summed E-state index contributed by atoms with van der Waals surface area (Å²) in [6.07, 6.45) is 2.14. The number of nitrogens with zero attached hydrogens (tertiary/aromatic N) is 3. The van der Waals surface area contributed by atoms with E-state index in [4.69, 9.17) is 9.98 Å². The molecular formula is C59H43N3. The molecule has 1 spiro atoms. The van der Waals surface area contributed by atoms with Crippen molar-refractivity contribution < 1.29 is 0 Å². The molecule has 294 valence electrons. The number of fused-ring (bicyclic) bond motifs is 7. The Bertz CT molecular complexity index is 3070. The molecule has 0 N–H and O–H groups in total. The molecule has 0 saturated carbocycles. The molecule has 2 aliphatic carbocycles. The quantitative estimate of drug-likeness (QED) is 0.103. The van der Waals surface area contributed by atoms with Crippen molar-refractivity contribution in [1.82, 2.24) is 0 Å². The van der Waals surface area contributed by atoms with Gasteiger partial charge in [-0.3, -0.25) is 0 Å². The van der Waals surface area contributed by atoms with Crippen molar-refractivity contribution in [3.8, 4) is 22.3 Å². The normalized spacial score (nSPS) is 14.0. The summed E-state index contributed by atoms with van der Waals surface area (Å²) in [5.74, 6) is 0.588. The maximum atomic E-state index is 5.45. The summed E-state index contributed by atoms with van der Waals surface area (Å²) < 4.78 is 0. The number of hydrogen-bond donors (Lipinski definition) is 0. The van der Waals surface area contributed by atoms with Gasteiger partial charge in [-0.2, -0.15) is 0 Å². The van der Waals surface area contributed by atoms with Crippen LogP contribution >= 0.6 is 0 Å². The third-order valence-corrected chi connectivity index (χ3v) is 12.2. The lowest BCUT2D eigenvalue weighted by atomic mass is 9.68. The third-order valence-electron chi connectivity index (χ3n) is 12.2. The van der Waals surface area contributed by atoms with Gasteiger partial charge in [0.15, 0.2) is 5.84 Å². The van der Waals surface area contributed by atoms with Crippen molar-refractivity contribution in [3.05, 3.63) is 275 Å². The van der Waals surface area contributed by atoms with Crippen LogP contribution in [0.5, 0.6) is 0 Å². The number of hydrogen-bond acceptors (Lipinski definition) is 2. The van der Waals surface area contributed by atoms with E-state index in [1.54, 1.807) is 0 Å². The number of rotatable bonds is 9. The van der Waals surface area contributed by atoms with Gasteiger partial charge in [-0.1, -0.05) is 219 Å². The molecule has 0 radical (unpaired) electrons. The summed E-state index contributed by atoms with van der Waals surface area (Å²) in [4.78, 5) is 15.1. The van der Waals surface area contributed by atoms with Gasteiger partial charge in [0.2, 0.25) is 0 Å². The van der Waals surface area contributed by atoms with E-state index in [9.17, 15) is 0 Å². The molecule has 10 rings (SSSR count). The number of allylic oxidation sites excluding steroid dienone is 3. The molecule has 0 bridgehead atoms. The molecule has 0 amide bonds. The van der Waals surface area contributed by atoms with Gasteiger partial charge in [0.1, 0.15) is 0 Å². The molecular weight excluding hydrogens is 751 g/mol. The van der Waals surface area contributed by atoms with Crippen molar-refractivity contribution in [3.63, 3.8) is 0 Å². The van der Waals surface area contributed by atoms with E-state index in [2.05, 4.69) is 189 Å². The number of aliphatic imine (C=N–C) groups is 3. The Balaban J connectivity index is 1.06. The van der Waals surface area contributed by atoms with E-state index in [-0.39, 0.29) is 0 Å². The van der Waals surface area contributed by atoms with Gasteiger partial charge in [-0.05, 0) is 80.9 Å². The first-order valence-electron chi connectivity index (χ1n) is 21.0. The lowest BCUT2D eigenvalue weighted by molar-refractivity contribution is 0.842. The highest BCUT2D eigenvalue weighted by molar-refractivity contribution is 6.15. The minimum Gasteiger partial charge on any atom is -0.248 e. The Kier molecular flexibility index (Phi) is 9.99. The predicted molar refractivity (Wildman–Crippen MR) is 262 cm³/mol. The summed E-state index contributed by atoms with van der Waals surface area (Å²) in [6, 6.07) is 74.7. The average Bonchev–Trinajstić information content (AvgIpc) is 3.80. The molecule has 0 saturated heterocycles. The van der Waals surface area contributed by atoms with E-state index in [0.29, 0.717) is 11.5 Å². The molecule has 0 atom stereocenters. The average molecular weight is 794 g/mol. The highest BCUT2D eigenvalue weighted by Crippen LogP contribution is 2.64. The van der Waals surface area contributed by atoms with Crippen LogP contribution in [0.4, 0.5) is 0 Å². The SMILES string of the molecule is C=NC(=NC1=C(c2ccc(-c3ccc(C(=C)N=C(/C=C(\C)c4ccccc4)c4ccccc4)cc3)cc2)C2(c3ccccc31)c1ccccc1-c1ccccc12)c1ccccc1. The first-order valence-corrected chi connectivity index (χ1v) is 21.0. The van der Waals surface area contributed by atoms with Crippen molar-refractivity contribution in [1.29, 1.82) is 0 Å². The smallest absolute Gasteiger partial charge is 0.159 e. The van der Waals surface area contributed by atoms with E-state index in [1.807, 2.05) is 54.6 Å². The minimum absolute atomic E-state index is 0.588. The zero-order chi connectivity index (χ0) is 42.0. The lowest BCUT2D eigenvalue weighted by Gasteiger charge is -2.32. The van der Waals surface area contributed by atoms with Gasteiger partial charge < -0.3 is 0 Å². The molecule has 0 fully saturated rings. The molecule has 0 aliphatic heterocycles. The standard InChI is InChI=1S/C59H43N3/c1-40(42-19-7-4-8-20-42)39-55(46-21-9-5-10-22-46)61-41(2)43-31-33-44(34-32-43)45-35-37-47(38-36-45)56-57(62-58(60-3)48-23-11-6-12-24-48)51-27-15-18-30-54(51)59(56)52-28-16-13-25-49(52)50-26-14-17-29-53(50)59/h4-39H,2-3H2,1H3/b40-39+,61-55?,62-58?. The van der Waals surface area contributed by atoms with Crippen LogP contribution in [0.15, 0.2) is 240 Å². The van der Waals surface area contributed by atoms with Crippen molar-refractivity contribution in [2.75, 3.05) is 0 Å². The highest BCUT2D eigenvalue weighted by atomic mass is 14.9. The van der Waals surface area contributed by atoms with Crippen LogP contribution in [0.3, 0.4) is 0 Å². The summed E-state index contributed by atoms with van der Waals surface area (Å²) >= 11 is 0. The summed E-state index contributed by atoms with van der Waals surface area (Å²) in [7, 11) is 0. The Morgan fingerprint density at radius 3 is 1.44 bits per heavy atom. The maximum Gasteiger partial charge on any atom is 0.159 e. The second kappa shape index (κ2) is 16.2. The second-order valence-electron chi connectivity index (χ2n) is 15.7. The fourth-order valence-corrected chi connectivity index (χ4v) is 9.28. The molecule has 0 heterocycles. The predicted octanol–water partition coefficient (Wildman–Crippen LogP) is 14.3. The van der Waals surface area contributed by atoms with E-state index >= 15 is 0 Å². The zero-order valence-electron chi connectivity index (χ0n) is 34.5. The summed E-state index contributed by atoms with van der Waals surface area (Å²) in [5, 5.41) is 0. The fraction of sp³-hybridized carbons (Fsp3) is 0.0339. The molecule has 3 nitrogen and oxygen atoms in total. The van der Waals surface area contributed by atoms with Gasteiger partial charge in [-0.25, -0.2) is 15.0 Å². The minimum atomic E-state index is -0.594. The number of benzene rings is 8. The Morgan fingerprint density at radius 2 is 0.887 bits per heavy atom. The van der Waals surface area contributed by atoms with Gasteiger partial charge in [0.25, 0.3) is 0 Å². The van der Waals surface area contributed by atoms with Crippen molar-refractivity contribution >= 4 is 40.8 Å². The molecule has 2 aliphatic rings. The van der Waals surface area contributed by atoms with Crippen LogP contribution < -0.4 is 0 Å².